The molecule has 4 nitrogen and oxygen atoms in total. The van der Waals surface area contributed by atoms with Crippen molar-refractivity contribution in [3.63, 3.8) is 0 Å². The molecule has 1 heterocycles. The molecule has 0 spiro atoms. The molecule has 3 aliphatic carbocycles. The van der Waals surface area contributed by atoms with Crippen LogP contribution < -0.4 is 10.6 Å². The molecule has 2 amide bonds. The third kappa shape index (κ3) is 3.44. The van der Waals surface area contributed by atoms with Crippen LogP contribution in [0.25, 0.3) is 0 Å². The molecule has 1 aromatic heterocycles. The zero-order chi connectivity index (χ0) is 15.8. The Morgan fingerprint density at radius 1 is 1.13 bits per heavy atom. The van der Waals surface area contributed by atoms with Gasteiger partial charge in [0.2, 0.25) is 5.91 Å². The van der Waals surface area contributed by atoms with E-state index in [1.807, 2.05) is 6.07 Å². The minimum atomic E-state index is -0.00919. The molecule has 3 unspecified atom stereocenters. The van der Waals surface area contributed by atoms with Gasteiger partial charge in [-0.25, -0.2) is 0 Å². The van der Waals surface area contributed by atoms with Crippen molar-refractivity contribution in [2.75, 3.05) is 11.9 Å². The highest BCUT2D eigenvalue weighted by atomic mass is 32.1. The van der Waals surface area contributed by atoms with E-state index in [4.69, 9.17) is 0 Å². The van der Waals surface area contributed by atoms with Gasteiger partial charge in [-0.05, 0) is 68.4 Å². The van der Waals surface area contributed by atoms with Gasteiger partial charge in [0.1, 0.15) is 0 Å². The predicted octanol–water partition coefficient (Wildman–Crippen LogP) is 3.65. The molecule has 3 saturated carbocycles. The van der Waals surface area contributed by atoms with E-state index in [9.17, 15) is 9.59 Å². The third-order valence-corrected chi connectivity index (χ3v) is 6.71. The number of carbonyl (C=O) groups excluding carboxylic acids is 2. The Balaban J connectivity index is 1.23. The molecule has 0 aliphatic heterocycles. The fourth-order valence-electron chi connectivity index (χ4n) is 4.28. The summed E-state index contributed by atoms with van der Waals surface area (Å²) in [5, 5.41) is 6.72. The van der Waals surface area contributed by atoms with Crippen LogP contribution in [0.2, 0.25) is 0 Å². The minimum absolute atomic E-state index is 0.00919. The maximum atomic E-state index is 12.2. The number of anilines is 1. The van der Waals surface area contributed by atoms with Crippen LogP contribution in [-0.2, 0) is 4.79 Å². The molecular weight excluding hydrogens is 308 g/mol. The second-order valence-electron chi connectivity index (χ2n) is 7.41. The lowest BCUT2D eigenvalue weighted by atomic mass is 9.86. The van der Waals surface area contributed by atoms with Gasteiger partial charge in [-0.3, -0.25) is 9.59 Å². The maximum absolute atomic E-state index is 12.2. The molecule has 1 aromatic rings. The Kier molecular flexibility index (Phi) is 4.14. The van der Waals surface area contributed by atoms with Crippen molar-refractivity contribution in [2.24, 2.45) is 23.7 Å². The van der Waals surface area contributed by atoms with Gasteiger partial charge in [0, 0.05) is 12.5 Å². The summed E-state index contributed by atoms with van der Waals surface area (Å²) in [6.07, 6.45) is 8.73. The second kappa shape index (κ2) is 6.27. The van der Waals surface area contributed by atoms with Crippen molar-refractivity contribution in [3.05, 3.63) is 17.0 Å². The van der Waals surface area contributed by atoms with E-state index in [1.165, 1.54) is 37.0 Å². The van der Waals surface area contributed by atoms with E-state index >= 15 is 0 Å². The maximum Gasteiger partial charge on any atom is 0.261 e. The number of rotatable bonds is 6. The Labute approximate surface area is 141 Å². The summed E-state index contributed by atoms with van der Waals surface area (Å²) >= 11 is 1.37. The van der Waals surface area contributed by atoms with E-state index in [2.05, 4.69) is 10.6 Å². The average molecular weight is 332 g/mol. The number of hydrogen-bond donors (Lipinski definition) is 2. The second-order valence-corrected chi connectivity index (χ2v) is 8.49. The van der Waals surface area contributed by atoms with Crippen LogP contribution >= 0.6 is 11.3 Å². The van der Waals surface area contributed by atoms with Gasteiger partial charge >= 0.3 is 0 Å². The molecule has 23 heavy (non-hydrogen) atoms. The van der Waals surface area contributed by atoms with Crippen LogP contribution in [0.15, 0.2) is 12.1 Å². The summed E-state index contributed by atoms with van der Waals surface area (Å²) in [6, 6.07) is 3.63. The fourth-order valence-corrected chi connectivity index (χ4v) is 5.11. The van der Waals surface area contributed by atoms with Crippen molar-refractivity contribution in [1.82, 2.24) is 5.32 Å². The van der Waals surface area contributed by atoms with Crippen molar-refractivity contribution >= 4 is 28.2 Å². The molecule has 4 rings (SSSR count). The minimum Gasteiger partial charge on any atom is -0.351 e. The quantitative estimate of drug-likeness (QED) is 0.835. The summed E-state index contributed by atoms with van der Waals surface area (Å²) < 4.78 is 0. The van der Waals surface area contributed by atoms with Crippen molar-refractivity contribution in [2.45, 2.75) is 44.9 Å². The molecule has 0 aromatic carbocycles. The van der Waals surface area contributed by atoms with E-state index in [0.717, 1.165) is 48.6 Å². The summed E-state index contributed by atoms with van der Waals surface area (Å²) in [4.78, 5) is 24.6. The Morgan fingerprint density at radius 2 is 2.00 bits per heavy atom. The summed E-state index contributed by atoms with van der Waals surface area (Å²) in [7, 11) is 0. The molecule has 0 radical (unpaired) electrons. The highest BCUT2D eigenvalue weighted by Gasteiger charge is 2.38. The number of carbonyl (C=O) groups is 2. The van der Waals surface area contributed by atoms with Crippen LogP contribution in [0.3, 0.4) is 0 Å². The molecule has 2 bridgehead atoms. The normalized spacial score (nSPS) is 28.8. The smallest absolute Gasteiger partial charge is 0.261 e. The number of thiophene rings is 1. The third-order valence-electron chi connectivity index (χ3n) is 5.71. The molecule has 3 aliphatic rings. The van der Waals surface area contributed by atoms with E-state index in [1.54, 1.807) is 6.07 Å². The molecule has 5 heteroatoms. The first-order valence-corrected chi connectivity index (χ1v) is 9.69. The van der Waals surface area contributed by atoms with Gasteiger partial charge in [0.25, 0.3) is 5.91 Å². The summed E-state index contributed by atoms with van der Waals surface area (Å²) in [5.74, 6) is 2.99. The number of nitrogens with one attached hydrogen (secondary N) is 2. The highest BCUT2D eigenvalue weighted by molar-refractivity contribution is 7.18. The van der Waals surface area contributed by atoms with Crippen molar-refractivity contribution in [1.29, 1.82) is 0 Å². The largest absolute Gasteiger partial charge is 0.351 e. The van der Waals surface area contributed by atoms with Gasteiger partial charge in [0.05, 0.1) is 9.88 Å². The molecule has 2 N–H and O–H groups in total. The number of hydrogen-bond acceptors (Lipinski definition) is 3. The molecule has 0 saturated heterocycles. The first kappa shape index (κ1) is 15.2. The molecular formula is C18H24N2O2S. The Bertz CT molecular complexity index is 608. The van der Waals surface area contributed by atoms with E-state index < -0.39 is 0 Å². The zero-order valence-electron chi connectivity index (χ0n) is 13.3. The Hall–Kier alpha value is -1.36. The van der Waals surface area contributed by atoms with Crippen LogP contribution in [0, 0.1) is 23.7 Å². The van der Waals surface area contributed by atoms with Crippen LogP contribution in [-0.4, -0.2) is 18.4 Å². The first-order valence-electron chi connectivity index (χ1n) is 8.88. The standard InChI is InChI=1S/C18H24N2O2S/c21-17(12-3-4-12)20-16-6-5-15(23-16)18(22)19-8-7-14-10-11-1-2-13(14)9-11/h5-6,11-14H,1-4,7-10H2,(H,19,22)(H,20,21). The highest BCUT2D eigenvalue weighted by Crippen LogP contribution is 2.49. The number of fused-ring (bicyclic) bond motifs is 2. The van der Waals surface area contributed by atoms with Gasteiger partial charge in [-0.15, -0.1) is 11.3 Å². The topological polar surface area (TPSA) is 58.2 Å². The van der Waals surface area contributed by atoms with Crippen molar-refractivity contribution < 1.29 is 9.59 Å². The fraction of sp³-hybridized carbons (Fsp3) is 0.667. The zero-order valence-corrected chi connectivity index (χ0v) is 14.2. The monoisotopic (exact) mass is 332 g/mol. The predicted molar refractivity (Wildman–Crippen MR) is 91.6 cm³/mol. The van der Waals surface area contributed by atoms with E-state index in [0.29, 0.717) is 4.88 Å². The molecule has 3 atom stereocenters. The lowest BCUT2D eigenvalue weighted by Gasteiger charge is -2.21. The van der Waals surface area contributed by atoms with Gasteiger partial charge < -0.3 is 10.6 Å². The SMILES string of the molecule is O=C(NCCC1CC2CCC1C2)c1ccc(NC(=O)C2CC2)s1. The summed E-state index contributed by atoms with van der Waals surface area (Å²) in [5.41, 5.74) is 0. The molecule has 3 fully saturated rings. The number of amides is 2. The van der Waals surface area contributed by atoms with Crippen LogP contribution in [0.5, 0.6) is 0 Å². The first-order chi connectivity index (χ1) is 11.2. The van der Waals surface area contributed by atoms with Gasteiger partial charge in [-0.2, -0.15) is 0 Å². The lowest BCUT2D eigenvalue weighted by molar-refractivity contribution is -0.117. The van der Waals surface area contributed by atoms with Gasteiger partial charge in [0.15, 0.2) is 0 Å². The summed E-state index contributed by atoms with van der Waals surface area (Å²) in [6.45, 7) is 0.772. The van der Waals surface area contributed by atoms with Gasteiger partial charge in [-0.1, -0.05) is 6.42 Å². The van der Waals surface area contributed by atoms with Crippen molar-refractivity contribution in [3.8, 4) is 0 Å². The molecule has 124 valence electrons. The van der Waals surface area contributed by atoms with E-state index in [-0.39, 0.29) is 17.7 Å². The lowest BCUT2D eigenvalue weighted by Crippen LogP contribution is -2.26. The van der Waals surface area contributed by atoms with Crippen LogP contribution in [0.4, 0.5) is 5.00 Å². The van der Waals surface area contributed by atoms with Crippen LogP contribution in [0.1, 0.15) is 54.6 Å². The Morgan fingerprint density at radius 3 is 2.70 bits per heavy atom. The average Bonchev–Trinajstić information content (AvgIpc) is 2.95.